The molecule has 1 fully saturated rings. The van der Waals surface area contributed by atoms with Crippen molar-refractivity contribution in [2.45, 2.75) is 18.6 Å². The van der Waals surface area contributed by atoms with Crippen LogP contribution in [0.4, 0.5) is 13.2 Å². The Bertz CT molecular complexity index is 157. The number of hydrogen-bond donors (Lipinski definition) is 1. The van der Waals surface area contributed by atoms with Crippen LogP contribution in [0.3, 0.4) is 0 Å². The summed E-state index contributed by atoms with van der Waals surface area (Å²) in [7, 11) is 1.49. The van der Waals surface area contributed by atoms with Gasteiger partial charge in [0.1, 0.15) is 6.04 Å². The average molecular weight is 182 g/mol. The first-order valence-electron chi connectivity index (χ1n) is 3.94. The monoisotopic (exact) mass is 182 g/mol. The summed E-state index contributed by atoms with van der Waals surface area (Å²) in [6, 6.07) is -1.33. The number of hydrogen-bond acceptors (Lipinski definition) is 2. The number of nitrogens with two attached hydrogens (primary N) is 1. The van der Waals surface area contributed by atoms with E-state index in [9.17, 15) is 13.2 Å². The van der Waals surface area contributed by atoms with Gasteiger partial charge in [-0.2, -0.15) is 13.2 Å². The lowest BCUT2D eigenvalue weighted by atomic mass is 10.0. The molecule has 0 aliphatic carbocycles. The maximum absolute atomic E-state index is 12.4. The summed E-state index contributed by atoms with van der Waals surface area (Å²) < 4.78 is 37.1. The van der Waals surface area contributed by atoms with E-state index in [0.29, 0.717) is 13.0 Å². The highest BCUT2D eigenvalue weighted by atomic mass is 19.4. The molecule has 2 atom stereocenters. The summed E-state index contributed by atoms with van der Waals surface area (Å²) in [5.74, 6) is -0.421. The van der Waals surface area contributed by atoms with Crippen LogP contribution < -0.4 is 5.73 Å². The Hall–Kier alpha value is -0.290. The lowest BCUT2D eigenvalue weighted by Crippen LogP contribution is -2.44. The molecule has 12 heavy (non-hydrogen) atoms. The Morgan fingerprint density at radius 3 is 2.42 bits per heavy atom. The van der Waals surface area contributed by atoms with Gasteiger partial charge in [0.25, 0.3) is 0 Å². The van der Waals surface area contributed by atoms with E-state index in [0.717, 1.165) is 0 Å². The van der Waals surface area contributed by atoms with E-state index in [1.54, 1.807) is 0 Å². The fraction of sp³-hybridized carbons (Fsp3) is 1.00. The second-order valence-electron chi connectivity index (χ2n) is 3.25. The van der Waals surface area contributed by atoms with Crippen LogP contribution in [0.5, 0.6) is 0 Å². The van der Waals surface area contributed by atoms with E-state index in [4.69, 9.17) is 5.73 Å². The average Bonchev–Trinajstić information content (AvgIpc) is 2.29. The van der Waals surface area contributed by atoms with Gasteiger partial charge in [0.05, 0.1) is 0 Å². The van der Waals surface area contributed by atoms with Crippen LogP contribution in [0.1, 0.15) is 6.42 Å². The van der Waals surface area contributed by atoms with Gasteiger partial charge >= 0.3 is 6.18 Å². The van der Waals surface area contributed by atoms with Gasteiger partial charge in [0, 0.05) is 0 Å². The maximum Gasteiger partial charge on any atom is 0.404 e. The quantitative estimate of drug-likeness (QED) is 0.650. The molecule has 0 radical (unpaired) electrons. The van der Waals surface area contributed by atoms with Gasteiger partial charge in [-0.25, -0.2) is 0 Å². The van der Waals surface area contributed by atoms with Crippen molar-refractivity contribution in [2.75, 3.05) is 20.1 Å². The summed E-state index contributed by atoms with van der Waals surface area (Å²) >= 11 is 0. The van der Waals surface area contributed by atoms with Crippen molar-refractivity contribution in [3.8, 4) is 0 Å². The summed E-state index contributed by atoms with van der Waals surface area (Å²) in [5, 5.41) is 0. The molecule has 5 heteroatoms. The van der Waals surface area contributed by atoms with Gasteiger partial charge in [-0.3, -0.25) is 4.90 Å². The van der Waals surface area contributed by atoms with Crippen molar-refractivity contribution >= 4 is 0 Å². The number of halogens is 3. The smallest absolute Gasteiger partial charge is 0.330 e. The summed E-state index contributed by atoms with van der Waals surface area (Å²) in [5.41, 5.74) is 5.26. The Morgan fingerprint density at radius 2 is 2.08 bits per heavy atom. The summed E-state index contributed by atoms with van der Waals surface area (Å²) in [6.07, 6.45) is -3.58. The predicted octanol–water partition coefficient (Wildman–Crippen LogP) is 0.828. The Balaban J connectivity index is 2.70. The third-order valence-corrected chi connectivity index (χ3v) is 2.41. The van der Waals surface area contributed by atoms with Crippen molar-refractivity contribution in [2.24, 2.45) is 11.7 Å². The first-order chi connectivity index (χ1) is 5.46. The highest BCUT2D eigenvalue weighted by Gasteiger charge is 2.49. The van der Waals surface area contributed by atoms with E-state index in [1.807, 2.05) is 0 Å². The van der Waals surface area contributed by atoms with Crippen LogP contribution >= 0.6 is 0 Å². The zero-order chi connectivity index (χ0) is 9.35. The van der Waals surface area contributed by atoms with Gasteiger partial charge in [-0.1, -0.05) is 0 Å². The molecule has 0 aromatic carbocycles. The first kappa shape index (κ1) is 9.80. The maximum atomic E-state index is 12.4. The van der Waals surface area contributed by atoms with Crippen molar-refractivity contribution in [1.29, 1.82) is 0 Å². The second kappa shape index (κ2) is 3.22. The minimum atomic E-state index is -4.13. The molecule has 0 aromatic rings. The topological polar surface area (TPSA) is 29.3 Å². The third kappa shape index (κ3) is 1.72. The zero-order valence-electron chi connectivity index (χ0n) is 6.93. The van der Waals surface area contributed by atoms with E-state index < -0.39 is 18.1 Å². The number of likely N-dealkylation sites (tertiary alicyclic amines) is 1. The molecule has 0 aromatic heterocycles. The Labute approximate surface area is 69.5 Å². The van der Waals surface area contributed by atoms with E-state index in [2.05, 4.69) is 0 Å². The fourth-order valence-corrected chi connectivity index (χ4v) is 1.79. The molecule has 2 N–H and O–H groups in total. The molecule has 72 valence electrons. The standard InChI is InChI=1S/C7H13F3N2/c1-12-3-2-5(4-11)6(12)7(8,9)10/h5-6H,2-4,11H2,1H3. The Morgan fingerprint density at radius 1 is 1.50 bits per heavy atom. The molecule has 1 aliphatic heterocycles. The molecule has 2 nitrogen and oxygen atoms in total. The third-order valence-electron chi connectivity index (χ3n) is 2.41. The second-order valence-corrected chi connectivity index (χ2v) is 3.25. The van der Waals surface area contributed by atoms with Crippen LogP contribution in [0.15, 0.2) is 0 Å². The lowest BCUT2D eigenvalue weighted by Gasteiger charge is -2.26. The van der Waals surface area contributed by atoms with E-state index in [-0.39, 0.29) is 6.54 Å². The summed E-state index contributed by atoms with van der Waals surface area (Å²) in [4.78, 5) is 1.33. The highest BCUT2D eigenvalue weighted by Crippen LogP contribution is 2.34. The van der Waals surface area contributed by atoms with E-state index in [1.165, 1.54) is 11.9 Å². The molecule has 1 saturated heterocycles. The lowest BCUT2D eigenvalue weighted by molar-refractivity contribution is -0.181. The Kier molecular flexibility index (Phi) is 2.63. The molecule has 1 aliphatic rings. The van der Waals surface area contributed by atoms with Gasteiger partial charge in [0.2, 0.25) is 0 Å². The normalized spacial score (nSPS) is 32.8. The molecule has 1 heterocycles. The van der Waals surface area contributed by atoms with Crippen molar-refractivity contribution < 1.29 is 13.2 Å². The van der Waals surface area contributed by atoms with Crippen molar-refractivity contribution in [3.63, 3.8) is 0 Å². The van der Waals surface area contributed by atoms with Crippen molar-refractivity contribution in [1.82, 2.24) is 4.90 Å². The van der Waals surface area contributed by atoms with Gasteiger partial charge in [-0.05, 0) is 32.5 Å². The van der Waals surface area contributed by atoms with Crippen LogP contribution in [-0.4, -0.2) is 37.3 Å². The van der Waals surface area contributed by atoms with Gasteiger partial charge < -0.3 is 5.73 Å². The molecule has 2 unspecified atom stereocenters. The minimum absolute atomic E-state index is 0.120. The van der Waals surface area contributed by atoms with Crippen LogP contribution in [0.25, 0.3) is 0 Å². The van der Waals surface area contributed by atoms with Crippen molar-refractivity contribution in [3.05, 3.63) is 0 Å². The van der Waals surface area contributed by atoms with Crippen LogP contribution in [0, 0.1) is 5.92 Å². The minimum Gasteiger partial charge on any atom is -0.330 e. The molecule has 0 saturated carbocycles. The molecule has 1 rings (SSSR count). The van der Waals surface area contributed by atoms with Crippen LogP contribution in [0.2, 0.25) is 0 Å². The molecular formula is C7H13F3N2. The number of rotatable bonds is 1. The number of alkyl halides is 3. The first-order valence-corrected chi connectivity index (χ1v) is 3.94. The highest BCUT2D eigenvalue weighted by molar-refractivity contribution is 4.90. The zero-order valence-corrected chi connectivity index (χ0v) is 6.93. The van der Waals surface area contributed by atoms with Crippen LogP contribution in [-0.2, 0) is 0 Å². The molecule has 0 amide bonds. The predicted molar refractivity (Wildman–Crippen MR) is 39.6 cm³/mol. The van der Waals surface area contributed by atoms with E-state index >= 15 is 0 Å². The van der Waals surface area contributed by atoms with Gasteiger partial charge in [-0.15, -0.1) is 0 Å². The fourth-order valence-electron chi connectivity index (χ4n) is 1.79. The number of nitrogens with zero attached hydrogens (tertiary/aromatic N) is 1. The SMILES string of the molecule is CN1CCC(CN)C1C(F)(F)F. The summed E-state index contributed by atoms with van der Waals surface area (Å²) in [6.45, 7) is 0.612. The molecular weight excluding hydrogens is 169 g/mol. The molecule has 0 spiro atoms. The van der Waals surface area contributed by atoms with Gasteiger partial charge in [0.15, 0.2) is 0 Å². The molecule has 0 bridgehead atoms. The largest absolute Gasteiger partial charge is 0.404 e.